The van der Waals surface area contributed by atoms with E-state index in [1.54, 1.807) is 26.0 Å². The standard InChI is InChI=1S/C14H18N2O4/c1-3-16(9(2)7-12(17)18)14(20)11-6-4-5-10(8-11)13(15)19/h4-6,8-9H,3,7H2,1-2H3,(H2,15,19)(H,17,18). The summed E-state index contributed by atoms with van der Waals surface area (Å²) >= 11 is 0. The van der Waals surface area contributed by atoms with Gasteiger partial charge in [-0.05, 0) is 32.0 Å². The van der Waals surface area contributed by atoms with E-state index in [1.165, 1.54) is 17.0 Å². The Hall–Kier alpha value is -2.37. The Labute approximate surface area is 117 Å². The van der Waals surface area contributed by atoms with Crippen LogP contribution >= 0.6 is 0 Å². The molecule has 0 radical (unpaired) electrons. The van der Waals surface area contributed by atoms with Crippen LogP contribution in [0.5, 0.6) is 0 Å². The Morgan fingerprint density at radius 2 is 1.90 bits per heavy atom. The number of benzene rings is 1. The summed E-state index contributed by atoms with van der Waals surface area (Å²) in [7, 11) is 0. The topological polar surface area (TPSA) is 101 Å². The molecule has 0 aliphatic rings. The van der Waals surface area contributed by atoms with Crippen LogP contribution < -0.4 is 5.73 Å². The minimum Gasteiger partial charge on any atom is -0.481 e. The van der Waals surface area contributed by atoms with Crippen molar-refractivity contribution in [2.24, 2.45) is 5.73 Å². The van der Waals surface area contributed by atoms with Crippen LogP contribution in [0.25, 0.3) is 0 Å². The third kappa shape index (κ3) is 3.81. The monoisotopic (exact) mass is 278 g/mol. The molecule has 1 rings (SSSR count). The zero-order chi connectivity index (χ0) is 15.3. The van der Waals surface area contributed by atoms with Crippen LogP contribution in [-0.2, 0) is 4.79 Å². The van der Waals surface area contributed by atoms with Crippen molar-refractivity contribution in [1.29, 1.82) is 0 Å². The molecule has 0 fully saturated rings. The second-order valence-corrected chi connectivity index (χ2v) is 4.48. The van der Waals surface area contributed by atoms with Crippen LogP contribution in [-0.4, -0.2) is 40.4 Å². The first-order valence-electron chi connectivity index (χ1n) is 6.29. The molecular weight excluding hydrogens is 260 g/mol. The van der Waals surface area contributed by atoms with Crippen LogP contribution in [0.1, 0.15) is 41.0 Å². The second-order valence-electron chi connectivity index (χ2n) is 4.48. The van der Waals surface area contributed by atoms with Crippen LogP contribution in [0.4, 0.5) is 0 Å². The Balaban J connectivity index is 2.99. The van der Waals surface area contributed by atoms with Gasteiger partial charge in [0.1, 0.15) is 0 Å². The predicted octanol–water partition coefficient (Wildman–Crippen LogP) is 1.11. The molecule has 1 atom stereocenters. The average molecular weight is 278 g/mol. The Bertz CT molecular complexity index is 528. The highest BCUT2D eigenvalue weighted by Crippen LogP contribution is 2.12. The first-order valence-corrected chi connectivity index (χ1v) is 6.29. The number of carbonyl (C=O) groups excluding carboxylic acids is 2. The number of primary amides is 1. The number of hydrogen-bond acceptors (Lipinski definition) is 3. The maximum absolute atomic E-state index is 12.4. The van der Waals surface area contributed by atoms with E-state index in [9.17, 15) is 14.4 Å². The van der Waals surface area contributed by atoms with E-state index < -0.39 is 17.9 Å². The van der Waals surface area contributed by atoms with Crippen LogP contribution in [0.15, 0.2) is 24.3 Å². The summed E-state index contributed by atoms with van der Waals surface area (Å²) in [5, 5.41) is 8.80. The lowest BCUT2D eigenvalue weighted by Crippen LogP contribution is -2.39. The summed E-state index contributed by atoms with van der Waals surface area (Å²) in [6.45, 7) is 3.83. The van der Waals surface area contributed by atoms with Crippen molar-refractivity contribution in [3.63, 3.8) is 0 Å². The number of carboxylic acid groups (broad SMARTS) is 1. The highest BCUT2D eigenvalue weighted by molar-refractivity contribution is 5.99. The molecule has 3 N–H and O–H groups in total. The van der Waals surface area contributed by atoms with E-state index in [2.05, 4.69) is 0 Å². The molecule has 0 saturated carbocycles. The highest BCUT2D eigenvalue weighted by Gasteiger charge is 2.22. The van der Waals surface area contributed by atoms with Crippen molar-refractivity contribution in [3.05, 3.63) is 35.4 Å². The van der Waals surface area contributed by atoms with E-state index in [0.717, 1.165) is 0 Å². The Kier molecular flexibility index (Phi) is 5.25. The van der Waals surface area contributed by atoms with E-state index in [4.69, 9.17) is 10.8 Å². The van der Waals surface area contributed by atoms with Gasteiger partial charge in [0.05, 0.1) is 6.42 Å². The fraction of sp³-hybridized carbons (Fsp3) is 0.357. The molecule has 1 aromatic carbocycles. The van der Waals surface area contributed by atoms with Gasteiger partial charge in [0.15, 0.2) is 0 Å². The Morgan fingerprint density at radius 1 is 1.30 bits per heavy atom. The number of nitrogens with zero attached hydrogens (tertiary/aromatic N) is 1. The average Bonchev–Trinajstić information content (AvgIpc) is 2.38. The molecule has 0 aromatic heterocycles. The second kappa shape index (κ2) is 6.70. The molecule has 2 amide bonds. The van der Waals surface area contributed by atoms with Crippen LogP contribution in [0, 0.1) is 0 Å². The summed E-state index contributed by atoms with van der Waals surface area (Å²) in [5.41, 5.74) is 5.74. The smallest absolute Gasteiger partial charge is 0.305 e. The molecule has 1 aromatic rings. The first kappa shape index (κ1) is 15.7. The number of carboxylic acids is 1. The lowest BCUT2D eigenvalue weighted by atomic mass is 10.1. The zero-order valence-corrected chi connectivity index (χ0v) is 11.5. The largest absolute Gasteiger partial charge is 0.481 e. The van der Waals surface area contributed by atoms with E-state index in [1.807, 2.05) is 0 Å². The summed E-state index contributed by atoms with van der Waals surface area (Å²) in [4.78, 5) is 35.7. The molecule has 0 bridgehead atoms. The lowest BCUT2D eigenvalue weighted by Gasteiger charge is -2.27. The molecule has 0 aliphatic carbocycles. The molecule has 6 heteroatoms. The number of aliphatic carboxylic acids is 1. The lowest BCUT2D eigenvalue weighted by molar-refractivity contribution is -0.138. The highest BCUT2D eigenvalue weighted by atomic mass is 16.4. The number of rotatable bonds is 6. The number of carbonyl (C=O) groups is 3. The van der Waals surface area contributed by atoms with Crippen molar-refractivity contribution in [2.75, 3.05) is 6.54 Å². The van der Waals surface area contributed by atoms with Crippen molar-refractivity contribution < 1.29 is 19.5 Å². The van der Waals surface area contributed by atoms with Gasteiger partial charge >= 0.3 is 5.97 Å². The fourth-order valence-corrected chi connectivity index (χ4v) is 1.99. The molecule has 0 saturated heterocycles. The molecule has 0 aliphatic heterocycles. The van der Waals surface area contributed by atoms with Gasteiger partial charge < -0.3 is 15.7 Å². The van der Waals surface area contributed by atoms with Gasteiger partial charge in [-0.15, -0.1) is 0 Å². The SMILES string of the molecule is CCN(C(=O)c1cccc(C(N)=O)c1)C(C)CC(=O)O. The van der Waals surface area contributed by atoms with Crippen molar-refractivity contribution in [1.82, 2.24) is 4.90 Å². The quantitative estimate of drug-likeness (QED) is 0.813. The summed E-state index contributed by atoms with van der Waals surface area (Å²) in [5.74, 6) is -1.89. The maximum Gasteiger partial charge on any atom is 0.305 e. The van der Waals surface area contributed by atoms with Gasteiger partial charge in [-0.1, -0.05) is 6.07 Å². The molecule has 0 heterocycles. The first-order chi connectivity index (χ1) is 9.36. The molecule has 108 valence electrons. The third-order valence-corrected chi connectivity index (χ3v) is 3.00. The van der Waals surface area contributed by atoms with E-state index >= 15 is 0 Å². The normalized spacial score (nSPS) is 11.7. The third-order valence-electron chi connectivity index (χ3n) is 3.00. The van der Waals surface area contributed by atoms with Crippen molar-refractivity contribution in [2.45, 2.75) is 26.3 Å². The summed E-state index contributed by atoms with van der Waals surface area (Å²) in [6.07, 6.45) is -0.130. The van der Waals surface area contributed by atoms with Crippen molar-refractivity contribution >= 4 is 17.8 Å². The van der Waals surface area contributed by atoms with Crippen LogP contribution in [0.3, 0.4) is 0 Å². The summed E-state index contributed by atoms with van der Waals surface area (Å²) < 4.78 is 0. The van der Waals surface area contributed by atoms with E-state index in [0.29, 0.717) is 12.1 Å². The Morgan fingerprint density at radius 3 is 2.40 bits per heavy atom. The molecule has 20 heavy (non-hydrogen) atoms. The number of amides is 2. The fourth-order valence-electron chi connectivity index (χ4n) is 1.99. The number of nitrogens with two attached hydrogens (primary N) is 1. The van der Waals surface area contributed by atoms with Gasteiger partial charge in [-0.2, -0.15) is 0 Å². The maximum atomic E-state index is 12.4. The van der Waals surface area contributed by atoms with Gasteiger partial charge in [0.2, 0.25) is 5.91 Å². The molecule has 6 nitrogen and oxygen atoms in total. The van der Waals surface area contributed by atoms with Gasteiger partial charge in [0, 0.05) is 23.7 Å². The minimum atomic E-state index is -0.963. The minimum absolute atomic E-state index is 0.130. The van der Waals surface area contributed by atoms with Gasteiger partial charge in [0.25, 0.3) is 5.91 Å². The molecule has 1 unspecified atom stereocenters. The molecular formula is C14H18N2O4. The number of hydrogen-bond donors (Lipinski definition) is 2. The van der Waals surface area contributed by atoms with Crippen LogP contribution in [0.2, 0.25) is 0 Å². The van der Waals surface area contributed by atoms with Crippen molar-refractivity contribution in [3.8, 4) is 0 Å². The predicted molar refractivity (Wildman–Crippen MR) is 73.4 cm³/mol. The van der Waals surface area contributed by atoms with E-state index in [-0.39, 0.29) is 17.9 Å². The zero-order valence-electron chi connectivity index (χ0n) is 11.5. The van der Waals surface area contributed by atoms with Gasteiger partial charge in [-0.3, -0.25) is 14.4 Å². The van der Waals surface area contributed by atoms with Gasteiger partial charge in [-0.25, -0.2) is 0 Å². The summed E-state index contributed by atoms with van der Waals surface area (Å²) in [6, 6.07) is 5.66. The molecule has 0 spiro atoms.